The molecule has 0 spiro atoms. The van der Waals surface area contributed by atoms with Gasteiger partial charge in [0.15, 0.2) is 0 Å². The van der Waals surface area contributed by atoms with Crippen LogP contribution in [0.2, 0.25) is 0 Å². The lowest BCUT2D eigenvalue weighted by Gasteiger charge is -2.21. The molecule has 0 aliphatic heterocycles. The van der Waals surface area contributed by atoms with E-state index in [1.54, 1.807) is 0 Å². The van der Waals surface area contributed by atoms with Crippen molar-refractivity contribution in [2.24, 2.45) is 11.1 Å². The maximum atomic E-state index is 11.9. The third kappa shape index (κ3) is 6.31. The summed E-state index contributed by atoms with van der Waals surface area (Å²) in [6.45, 7) is 5.10. The summed E-state index contributed by atoms with van der Waals surface area (Å²) < 4.78 is 11.9. The standard InChI is InChI=1S/C15H25NOS/c1-15(2,13-16)10-6-7-11-18(17)12-14-8-4-3-5-9-14/h3-5,8-9H,6-7,10-13,16H2,1-2H3. The molecule has 0 amide bonds. The fourth-order valence-corrected chi connectivity index (χ4v) is 3.04. The summed E-state index contributed by atoms with van der Waals surface area (Å²) in [4.78, 5) is 0. The second kappa shape index (κ2) is 7.70. The molecular weight excluding hydrogens is 242 g/mol. The van der Waals surface area contributed by atoms with Crippen LogP contribution >= 0.6 is 0 Å². The van der Waals surface area contributed by atoms with Crippen molar-refractivity contribution >= 4 is 10.8 Å². The van der Waals surface area contributed by atoms with Gasteiger partial charge in [-0.3, -0.25) is 4.21 Å². The predicted molar refractivity (Wildman–Crippen MR) is 79.8 cm³/mol. The highest BCUT2D eigenvalue weighted by Gasteiger charge is 2.14. The number of unbranched alkanes of at least 4 members (excludes halogenated alkanes) is 1. The maximum Gasteiger partial charge on any atom is 0.0485 e. The van der Waals surface area contributed by atoms with E-state index in [1.807, 2.05) is 30.3 Å². The lowest BCUT2D eigenvalue weighted by Crippen LogP contribution is -2.23. The smallest absolute Gasteiger partial charge is 0.0485 e. The summed E-state index contributed by atoms with van der Waals surface area (Å²) in [5.41, 5.74) is 7.08. The molecule has 1 aromatic rings. The minimum absolute atomic E-state index is 0.223. The molecule has 0 fully saturated rings. The molecule has 102 valence electrons. The highest BCUT2D eigenvalue weighted by atomic mass is 32.2. The van der Waals surface area contributed by atoms with Crippen molar-refractivity contribution in [3.05, 3.63) is 35.9 Å². The van der Waals surface area contributed by atoms with Crippen molar-refractivity contribution in [2.45, 2.75) is 38.9 Å². The van der Waals surface area contributed by atoms with Crippen molar-refractivity contribution in [1.29, 1.82) is 0 Å². The Hall–Kier alpha value is -0.670. The molecule has 3 heteroatoms. The van der Waals surface area contributed by atoms with Gasteiger partial charge in [0, 0.05) is 22.3 Å². The fraction of sp³-hybridized carbons (Fsp3) is 0.600. The van der Waals surface area contributed by atoms with Crippen LogP contribution in [0.1, 0.15) is 38.7 Å². The van der Waals surface area contributed by atoms with Gasteiger partial charge in [0.05, 0.1) is 0 Å². The summed E-state index contributed by atoms with van der Waals surface area (Å²) in [5, 5.41) is 0. The van der Waals surface area contributed by atoms with Crippen molar-refractivity contribution in [3.63, 3.8) is 0 Å². The largest absolute Gasteiger partial charge is 0.330 e. The molecular formula is C15H25NOS. The van der Waals surface area contributed by atoms with Gasteiger partial charge in [-0.05, 0) is 30.4 Å². The van der Waals surface area contributed by atoms with E-state index < -0.39 is 10.8 Å². The molecule has 1 aromatic carbocycles. The van der Waals surface area contributed by atoms with Gasteiger partial charge < -0.3 is 5.73 Å². The molecule has 1 atom stereocenters. The quantitative estimate of drug-likeness (QED) is 0.736. The van der Waals surface area contributed by atoms with Crippen molar-refractivity contribution in [1.82, 2.24) is 0 Å². The van der Waals surface area contributed by atoms with E-state index in [4.69, 9.17) is 5.73 Å². The molecule has 2 N–H and O–H groups in total. The van der Waals surface area contributed by atoms with Crippen LogP contribution in [-0.4, -0.2) is 16.5 Å². The number of rotatable bonds is 8. The average Bonchev–Trinajstić information content (AvgIpc) is 2.36. The van der Waals surface area contributed by atoms with E-state index in [9.17, 15) is 4.21 Å². The normalized spacial score (nSPS) is 13.5. The van der Waals surface area contributed by atoms with E-state index in [0.717, 1.165) is 37.1 Å². The molecule has 0 aliphatic carbocycles. The van der Waals surface area contributed by atoms with Crippen LogP contribution in [0.4, 0.5) is 0 Å². The monoisotopic (exact) mass is 267 g/mol. The first-order valence-corrected chi connectivity index (χ1v) is 8.11. The van der Waals surface area contributed by atoms with E-state index in [1.165, 1.54) is 0 Å². The lowest BCUT2D eigenvalue weighted by atomic mass is 9.88. The first kappa shape index (κ1) is 15.4. The third-order valence-corrected chi connectivity index (χ3v) is 4.60. The molecule has 0 saturated carbocycles. The Bertz CT molecular complexity index is 362. The van der Waals surface area contributed by atoms with Crippen LogP contribution in [0.3, 0.4) is 0 Å². The summed E-state index contributed by atoms with van der Waals surface area (Å²) in [6.07, 6.45) is 3.26. The number of benzene rings is 1. The zero-order chi connectivity index (χ0) is 13.4. The summed E-state index contributed by atoms with van der Waals surface area (Å²) in [7, 11) is -0.732. The minimum Gasteiger partial charge on any atom is -0.330 e. The van der Waals surface area contributed by atoms with Gasteiger partial charge in [-0.25, -0.2) is 0 Å². The average molecular weight is 267 g/mol. The zero-order valence-electron chi connectivity index (χ0n) is 11.5. The summed E-state index contributed by atoms with van der Waals surface area (Å²) in [6, 6.07) is 10.1. The molecule has 0 radical (unpaired) electrons. The van der Waals surface area contributed by atoms with Crippen molar-refractivity contribution in [2.75, 3.05) is 12.3 Å². The van der Waals surface area contributed by atoms with Gasteiger partial charge in [0.2, 0.25) is 0 Å². The minimum atomic E-state index is -0.732. The van der Waals surface area contributed by atoms with Gasteiger partial charge in [-0.2, -0.15) is 0 Å². The maximum absolute atomic E-state index is 11.9. The number of hydrogen-bond donors (Lipinski definition) is 1. The van der Waals surface area contributed by atoms with Crippen LogP contribution in [0.25, 0.3) is 0 Å². The van der Waals surface area contributed by atoms with Gasteiger partial charge in [0.25, 0.3) is 0 Å². The summed E-state index contributed by atoms with van der Waals surface area (Å²) in [5.74, 6) is 1.48. The SMILES string of the molecule is CC(C)(CN)CCCCS(=O)Cc1ccccc1. The van der Waals surface area contributed by atoms with Gasteiger partial charge in [-0.1, -0.05) is 50.6 Å². The Morgan fingerprint density at radius 3 is 2.44 bits per heavy atom. The molecule has 0 heterocycles. The molecule has 0 bridgehead atoms. The van der Waals surface area contributed by atoms with Crippen molar-refractivity contribution < 1.29 is 4.21 Å². The Labute approximate surface area is 113 Å². The van der Waals surface area contributed by atoms with Crippen LogP contribution in [-0.2, 0) is 16.6 Å². The number of nitrogens with two attached hydrogens (primary N) is 1. The zero-order valence-corrected chi connectivity index (χ0v) is 12.3. The molecule has 0 aromatic heterocycles. The van der Waals surface area contributed by atoms with Crippen LogP contribution in [0.5, 0.6) is 0 Å². The first-order chi connectivity index (χ1) is 8.53. The molecule has 18 heavy (non-hydrogen) atoms. The Balaban J connectivity index is 2.18. The van der Waals surface area contributed by atoms with Gasteiger partial charge in [0.1, 0.15) is 0 Å². The van der Waals surface area contributed by atoms with E-state index in [2.05, 4.69) is 13.8 Å². The fourth-order valence-electron chi connectivity index (χ4n) is 1.80. The van der Waals surface area contributed by atoms with E-state index >= 15 is 0 Å². The second-order valence-electron chi connectivity index (χ2n) is 5.60. The van der Waals surface area contributed by atoms with Crippen LogP contribution < -0.4 is 5.73 Å². The second-order valence-corrected chi connectivity index (χ2v) is 7.18. The number of hydrogen-bond acceptors (Lipinski definition) is 2. The lowest BCUT2D eigenvalue weighted by molar-refractivity contribution is 0.336. The topological polar surface area (TPSA) is 43.1 Å². The van der Waals surface area contributed by atoms with Gasteiger partial charge in [-0.15, -0.1) is 0 Å². The highest BCUT2D eigenvalue weighted by molar-refractivity contribution is 7.84. The molecule has 2 nitrogen and oxygen atoms in total. The predicted octanol–water partition coefficient (Wildman–Crippen LogP) is 3.09. The highest BCUT2D eigenvalue weighted by Crippen LogP contribution is 2.21. The summed E-state index contributed by atoms with van der Waals surface area (Å²) >= 11 is 0. The Morgan fingerprint density at radius 1 is 1.17 bits per heavy atom. The molecule has 0 saturated heterocycles. The first-order valence-electron chi connectivity index (χ1n) is 6.62. The van der Waals surface area contributed by atoms with Crippen LogP contribution in [0, 0.1) is 5.41 Å². The molecule has 1 unspecified atom stereocenters. The third-order valence-electron chi connectivity index (χ3n) is 3.20. The molecule has 0 aliphatic rings. The molecule has 1 rings (SSSR count). The van der Waals surface area contributed by atoms with Crippen molar-refractivity contribution in [3.8, 4) is 0 Å². The Kier molecular flexibility index (Phi) is 6.58. The van der Waals surface area contributed by atoms with E-state index in [-0.39, 0.29) is 5.41 Å². The van der Waals surface area contributed by atoms with Crippen LogP contribution in [0.15, 0.2) is 30.3 Å². The van der Waals surface area contributed by atoms with Gasteiger partial charge >= 0.3 is 0 Å². The van der Waals surface area contributed by atoms with E-state index in [0.29, 0.717) is 5.75 Å². The Morgan fingerprint density at radius 2 is 1.83 bits per heavy atom.